The Labute approximate surface area is 137 Å². The standard InChI is InChI=1S/C16H18BrNO4/c1-4-5-8-22-15-11(16(19)21-3)9-10-6-7-12(20-2)13(17)14(10)18-15/h6-7,9H,4-5,8H2,1-3H3. The third-order valence-corrected chi connectivity index (χ3v) is 3.98. The van der Waals surface area contributed by atoms with Crippen LogP contribution >= 0.6 is 15.9 Å². The molecule has 0 atom stereocenters. The van der Waals surface area contributed by atoms with Crippen molar-refractivity contribution in [2.24, 2.45) is 0 Å². The number of fused-ring (bicyclic) bond motifs is 1. The van der Waals surface area contributed by atoms with Gasteiger partial charge in [0.2, 0.25) is 5.88 Å². The molecule has 0 aliphatic carbocycles. The Morgan fingerprint density at radius 3 is 2.73 bits per heavy atom. The third-order valence-electron chi connectivity index (χ3n) is 3.22. The Kier molecular flexibility index (Phi) is 5.60. The van der Waals surface area contributed by atoms with Crippen molar-refractivity contribution < 1.29 is 19.0 Å². The van der Waals surface area contributed by atoms with Crippen molar-refractivity contribution in [1.29, 1.82) is 0 Å². The molecular formula is C16H18BrNO4. The number of methoxy groups -OCH3 is 2. The lowest BCUT2D eigenvalue weighted by Crippen LogP contribution is -2.08. The van der Waals surface area contributed by atoms with Gasteiger partial charge in [-0.3, -0.25) is 0 Å². The van der Waals surface area contributed by atoms with Crippen molar-refractivity contribution in [1.82, 2.24) is 4.98 Å². The molecule has 2 rings (SSSR count). The number of unbranched alkanes of at least 4 members (excludes halogenated alkanes) is 1. The van der Waals surface area contributed by atoms with E-state index in [4.69, 9.17) is 14.2 Å². The topological polar surface area (TPSA) is 57.7 Å². The van der Waals surface area contributed by atoms with E-state index in [-0.39, 0.29) is 5.88 Å². The van der Waals surface area contributed by atoms with Crippen LogP contribution in [0.1, 0.15) is 30.1 Å². The Morgan fingerprint density at radius 2 is 2.09 bits per heavy atom. The monoisotopic (exact) mass is 367 g/mol. The van der Waals surface area contributed by atoms with Gasteiger partial charge < -0.3 is 14.2 Å². The van der Waals surface area contributed by atoms with Crippen molar-refractivity contribution in [3.8, 4) is 11.6 Å². The van der Waals surface area contributed by atoms with Crippen molar-refractivity contribution in [3.63, 3.8) is 0 Å². The summed E-state index contributed by atoms with van der Waals surface area (Å²) in [4.78, 5) is 16.4. The lowest BCUT2D eigenvalue weighted by Gasteiger charge is -2.12. The molecule has 0 fully saturated rings. The van der Waals surface area contributed by atoms with Crippen LogP contribution in [0.15, 0.2) is 22.7 Å². The molecule has 1 aromatic heterocycles. The summed E-state index contributed by atoms with van der Waals surface area (Å²) in [5.74, 6) is 0.486. The largest absolute Gasteiger partial charge is 0.495 e. The first-order chi connectivity index (χ1) is 10.6. The van der Waals surface area contributed by atoms with Crippen LogP contribution in [0.25, 0.3) is 10.9 Å². The number of esters is 1. The minimum atomic E-state index is -0.465. The van der Waals surface area contributed by atoms with Gasteiger partial charge in [-0.2, -0.15) is 0 Å². The molecule has 0 aliphatic heterocycles. The molecule has 0 aliphatic rings. The number of hydrogen-bond acceptors (Lipinski definition) is 5. The fourth-order valence-corrected chi connectivity index (χ4v) is 2.62. The number of hydrogen-bond donors (Lipinski definition) is 0. The summed E-state index contributed by atoms with van der Waals surface area (Å²) in [5, 5.41) is 0.802. The van der Waals surface area contributed by atoms with Crippen LogP contribution in [-0.4, -0.2) is 31.8 Å². The second kappa shape index (κ2) is 7.45. The van der Waals surface area contributed by atoms with Gasteiger partial charge in [0.1, 0.15) is 11.3 Å². The minimum Gasteiger partial charge on any atom is -0.495 e. The molecule has 0 saturated heterocycles. The zero-order valence-corrected chi connectivity index (χ0v) is 14.4. The first-order valence-electron chi connectivity index (χ1n) is 7.00. The van der Waals surface area contributed by atoms with E-state index in [2.05, 4.69) is 27.8 Å². The predicted octanol–water partition coefficient (Wildman–Crippen LogP) is 3.97. The van der Waals surface area contributed by atoms with E-state index in [1.807, 2.05) is 12.1 Å². The zero-order chi connectivity index (χ0) is 16.1. The van der Waals surface area contributed by atoms with E-state index in [1.54, 1.807) is 13.2 Å². The highest BCUT2D eigenvalue weighted by Gasteiger charge is 2.18. The summed E-state index contributed by atoms with van der Waals surface area (Å²) >= 11 is 3.48. The van der Waals surface area contributed by atoms with Gasteiger partial charge in [0, 0.05) is 5.39 Å². The second-order valence-electron chi connectivity index (χ2n) is 4.69. The molecular weight excluding hydrogens is 350 g/mol. The highest BCUT2D eigenvalue weighted by atomic mass is 79.9. The molecule has 22 heavy (non-hydrogen) atoms. The van der Waals surface area contributed by atoms with Gasteiger partial charge in [-0.05, 0) is 40.5 Å². The summed E-state index contributed by atoms with van der Waals surface area (Å²) in [6.45, 7) is 2.57. The maximum Gasteiger partial charge on any atom is 0.343 e. The average molecular weight is 368 g/mol. The Hall–Kier alpha value is -1.82. The number of halogens is 1. The van der Waals surface area contributed by atoms with Gasteiger partial charge in [0.15, 0.2) is 0 Å². The molecule has 0 amide bonds. The zero-order valence-electron chi connectivity index (χ0n) is 12.8. The molecule has 1 heterocycles. The fourth-order valence-electron chi connectivity index (χ4n) is 2.01. The molecule has 2 aromatic rings. The quantitative estimate of drug-likeness (QED) is 0.570. The average Bonchev–Trinajstić information content (AvgIpc) is 2.54. The van der Waals surface area contributed by atoms with Crippen molar-refractivity contribution in [3.05, 3.63) is 28.2 Å². The highest BCUT2D eigenvalue weighted by Crippen LogP contribution is 2.34. The number of ether oxygens (including phenoxy) is 3. The Balaban J connectivity index is 2.56. The first kappa shape index (κ1) is 16.5. The second-order valence-corrected chi connectivity index (χ2v) is 5.48. The molecule has 6 heteroatoms. The van der Waals surface area contributed by atoms with Crippen molar-refractivity contribution in [2.45, 2.75) is 19.8 Å². The SMILES string of the molecule is CCCCOc1nc2c(Br)c(OC)ccc2cc1C(=O)OC. The number of carbonyl (C=O) groups is 1. The van der Waals surface area contributed by atoms with Gasteiger partial charge in [0.05, 0.1) is 30.8 Å². The number of nitrogens with zero attached hydrogens (tertiary/aromatic N) is 1. The van der Waals surface area contributed by atoms with Crippen molar-refractivity contribution >= 4 is 32.8 Å². The summed E-state index contributed by atoms with van der Waals surface area (Å²) in [7, 11) is 2.93. The maximum absolute atomic E-state index is 11.9. The number of aromatic nitrogens is 1. The number of benzene rings is 1. The van der Waals surface area contributed by atoms with Gasteiger partial charge in [0.25, 0.3) is 0 Å². The minimum absolute atomic E-state index is 0.279. The normalized spacial score (nSPS) is 10.5. The summed E-state index contributed by atoms with van der Waals surface area (Å²) in [6, 6.07) is 5.38. The van der Waals surface area contributed by atoms with Gasteiger partial charge in [-0.15, -0.1) is 0 Å². The molecule has 0 N–H and O–H groups in total. The Morgan fingerprint density at radius 1 is 1.32 bits per heavy atom. The predicted molar refractivity (Wildman–Crippen MR) is 87.7 cm³/mol. The van der Waals surface area contributed by atoms with E-state index in [0.29, 0.717) is 23.4 Å². The van der Waals surface area contributed by atoms with Crippen molar-refractivity contribution in [2.75, 3.05) is 20.8 Å². The van der Waals surface area contributed by atoms with E-state index in [0.717, 1.165) is 22.7 Å². The first-order valence-corrected chi connectivity index (χ1v) is 7.80. The maximum atomic E-state index is 11.9. The van der Waals surface area contributed by atoms with Gasteiger partial charge in [-0.25, -0.2) is 9.78 Å². The van der Waals surface area contributed by atoms with Gasteiger partial charge >= 0.3 is 5.97 Å². The molecule has 1 aromatic carbocycles. The molecule has 0 bridgehead atoms. The lowest BCUT2D eigenvalue weighted by molar-refractivity contribution is 0.0595. The van der Waals surface area contributed by atoms with Crippen LogP contribution in [0.5, 0.6) is 11.6 Å². The molecule has 5 nitrogen and oxygen atoms in total. The molecule has 118 valence electrons. The number of rotatable bonds is 6. The molecule has 0 unspecified atom stereocenters. The van der Waals surface area contributed by atoms with Crippen LogP contribution in [0.3, 0.4) is 0 Å². The van der Waals surface area contributed by atoms with E-state index < -0.39 is 5.97 Å². The van der Waals surface area contributed by atoms with Crippen LogP contribution < -0.4 is 9.47 Å². The highest BCUT2D eigenvalue weighted by molar-refractivity contribution is 9.10. The molecule has 0 saturated carbocycles. The number of pyridine rings is 1. The van der Waals surface area contributed by atoms with Crippen LogP contribution in [0.2, 0.25) is 0 Å². The van der Waals surface area contributed by atoms with Crippen LogP contribution in [0, 0.1) is 0 Å². The molecule has 0 radical (unpaired) electrons. The van der Waals surface area contributed by atoms with E-state index in [9.17, 15) is 4.79 Å². The summed E-state index contributed by atoms with van der Waals surface area (Å²) in [6.07, 6.45) is 1.89. The van der Waals surface area contributed by atoms with Gasteiger partial charge in [-0.1, -0.05) is 13.3 Å². The summed E-state index contributed by atoms with van der Waals surface area (Å²) in [5.41, 5.74) is 1.00. The summed E-state index contributed by atoms with van der Waals surface area (Å²) < 4.78 is 16.5. The van der Waals surface area contributed by atoms with E-state index in [1.165, 1.54) is 7.11 Å². The smallest absolute Gasteiger partial charge is 0.343 e. The third kappa shape index (κ3) is 3.32. The number of carbonyl (C=O) groups excluding carboxylic acids is 1. The van der Waals surface area contributed by atoms with Crippen LogP contribution in [0.4, 0.5) is 0 Å². The van der Waals surface area contributed by atoms with E-state index >= 15 is 0 Å². The fraction of sp³-hybridized carbons (Fsp3) is 0.375. The lowest BCUT2D eigenvalue weighted by atomic mass is 10.1. The van der Waals surface area contributed by atoms with Crippen LogP contribution in [-0.2, 0) is 4.74 Å². The Bertz CT molecular complexity index is 687. The molecule has 0 spiro atoms.